The lowest BCUT2D eigenvalue weighted by molar-refractivity contribution is -0.136. The Labute approximate surface area is 170 Å². The molecule has 0 aromatic heterocycles. The number of rotatable bonds is 4. The van der Waals surface area contributed by atoms with E-state index in [1.165, 1.54) is 6.42 Å². The van der Waals surface area contributed by atoms with Gasteiger partial charge in [0, 0.05) is 37.7 Å². The maximum absolute atomic E-state index is 13.2. The first-order valence-electron chi connectivity index (χ1n) is 10.6. The molecule has 7 nitrogen and oxygen atoms in total. The largest absolute Gasteiger partial charge is 0.322 e. The van der Waals surface area contributed by atoms with E-state index in [9.17, 15) is 14.4 Å². The van der Waals surface area contributed by atoms with E-state index in [1.54, 1.807) is 4.90 Å². The Morgan fingerprint density at radius 2 is 2.14 bits per heavy atom. The highest BCUT2D eigenvalue weighted by Gasteiger charge is 2.46. The van der Waals surface area contributed by atoms with Crippen LogP contribution >= 0.6 is 0 Å². The zero-order chi connectivity index (χ0) is 20.2. The standard InChI is InChI=1S/C22H28N4O3/c1-22-8-16(7-15(22)10-23-12-22)24-9-13-3-2-4-14-11-26(21(29)19(13)14)17-5-6-18(27)25-20(17)28/h2-4,15-17,23-24H,5-12H2,1H3,(H,25,27,28)/t15-,16-,17?,22+/m1/s1. The molecule has 3 aliphatic heterocycles. The third-order valence-corrected chi connectivity index (χ3v) is 7.41. The molecule has 3 N–H and O–H groups in total. The predicted molar refractivity (Wildman–Crippen MR) is 107 cm³/mol. The van der Waals surface area contributed by atoms with Crippen LogP contribution in [0.3, 0.4) is 0 Å². The summed E-state index contributed by atoms with van der Waals surface area (Å²) in [6, 6.07) is 5.89. The molecule has 1 aromatic carbocycles. The zero-order valence-corrected chi connectivity index (χ0v) is 16.8. The Hall–Kier alpha value is -2.25. The van der Waals surface area contributed by atoms with Crippen molar-refractivity contribution in [2.45, 2.75) is 57.8 Å². The fourth-order valence-electron chi connectivity index (χ4n) is 5.77. The highest BCUT2D eigenvalue weighted by Crippen LogP contribution is 2.45. The zero-order valence-electron chi connectivity index (χ0n) is 16.8. The molecule has 0 bridgehead atoms. The molecule has 0 spiro atoms. The van der Waals surface area contributed by atoms with Gasteiger partial charge in [-0.15, -0.1) is 0 Å². The van der Waals surface area contributed by atoms with Gasteiger partial charge in [-0.25, -0.2) is 0 Å². The maximum Gasteiger partial charge on any atom is 0.255 e. The minimum Gasteiger partial charge on any atom is -0.322 e. The van der Waals surface area contributed by atoms with Crippen molar-refractivity contribution >= 4 is 17.7 Å². The summed E-state index contributed by atoms with van der Waals surface area (Å²) in [5, 5.41) is 9.56. The van der Waals surface area contributed by atoms with Crippen LogP contribution in [0.15, 0.2) is 18.2 Å². The van der Waals surface area contributed by atoms with Gasteiger partial charge >= 0.3 is 0 Å². The van der Waals surface area contributed by atoms with E-state index in [0.29, 0.717) is 31.0 Å². The predicted octanol–water partition coefficient (Wildman–Crippen LogP) is 0.925. The quantitative estimate of drug-likeness (QED) is 0.659. The molecule has 29 heavy (non-hydrogen) atoms. The van der Waals surface area contributed by atoms with E-state index in [0.717, 1.165) is 42.1 Å². The Bertz CT molecular complexity index is 885. The molecule has 5 rings (SSSR count). The minimum absolute atomic E-state index is 0.0913. The van der Waals surface area contributed by atoms with E-state index < -0.39 is 6.04 Å². The highest BCUT2D eigenvalue weighted by molar-refractivity contribution is 6.05. The molecule has 4 aliphatic rings. The summed E-state index contributed by atoms with van der Waals surface area (Å²) >= 11 is 0. The molecule has 4 atom stereocenters. The second-order valence-electron chi connectivity index (χ2n) is 9.35. The third kappa shape index (κ3) is 3.16. The van der Waals surface area contributed by atoms with Crippen LogP contribution in [0, 0.1) is 11.3 Å². The lowest BCUT2D eigenvalue weighted by Crippen LogP contribution is -2.52. The Morgan fingerprint density at radius 1 is 1.28 bits per heavy atom. The Morgan fingerprint density at radius 3 is 2.93 bits per heavy atom. The Balaban J connectivity index is 1.29. The summed E-state index contributed by atoms with van der Waals surface area (Å²) in [7, 11) is 0. The van der Waals surface area contributed by atoms with Crippen LogP contribution in [0.4, 0.5) is 0 Å². The van der Waals surface area contributed by atoms with Gasteiger partial charge in [0.15, 0.2) is 0 Å². The smallest absolute Gasteiger partial charge is 0.255 e. The molecular formula is C22H28N4O3. The molecule has 2 saturated heterocycles. The van der Waals surface area contributed by atoms with Crippen LogP contribution in [0.1, 0.15) is 54.1 Å². The van der Waals surface area contributed by atoms with Gasteiger partial charge in [-0.1, -0.05) is 25.1 Å². The third-order valence-electron chi connectivity index (χ3n) is 7.41. The maximum atomic E-state index is 13.2. The second-order valence-corrected chi connectivity index (χ2v) is 9.35. The van der Waals surface area contributed by atoms with Gasteiger partial charge in [0.1, 0.15) is 6.04 Å². The number of benzene rings is 1. The van der Waals surface area contributed by atoms with Crippen LogP contribution in [0.5, 0.6) is 0 Å². The topological polar surface area (TPSA) is 90.5 Å². The molecule has 7 heteroatoms. The van der Waals surface area contributed by atoms with Crippen LogP contribution in [-0.2, 0) is 22.7 Å². The lowest BCUT2D eigenvalue weighted by Gasteiger charge is -2.29. The molecule has 1 aliphatic carbocycles. The molecule has 3 heterocycles. The lowest BCUT2D eigenvalue weighted by atomic mass is 9.83. The molecule has 0 radical (unpaired) electrons. The van der Waals surface area contributed by atoms with Gasteiger partial charge in [-0.2, -0.15) is 0 Å². The average molecular weight is 396 g/mol. The first-order chi connectivity index (χ1) is 13.9. The van der Waals surface area contributed by atoms with Crippen molar-refractivity contribution < 1.29 is 14.4 Å². The number of nitrogens with one attached hydrogen (secondary N) is 3. The second kappa shape index (κ2) is 6.92. The molecule has 3 amide bonds. The minimum atomic E-state index is -0.560. The Kier molecular flexibility index (Phi) is 4.47. The average Bonchev–Trinajstić information content (AvgIpc) is 3.30. The van der Waals surface area contributed by atoms with E-state index in [2.05, 4.69) is 22.9 Å². The summed E-state index contributed by atoms with van der Waals surface area (Å²) in [6.45, 7) is 5.67. The fourth-order valence-corrected chi connectivity index (χ4v) is 5.77. The number of hydrogen-bond donors (Lipinski definition) is 3. The van der Waals surface area contributed by atoms with Crippen LogP contribution in [-0.4, -0.2) is 47.8 Å². The van der Waals surface area contributed by atoms with Crippen molar-refractivity contribution in [3.05, 3.63) is 34.9 Å². The summed E-state index contributed by atoms with van der Waals surface area (Å²) < 4.78 is 0. The van der Waals surface area contributed by atoms with Gasteiger partial charge in [0.25, 0.3) is 5.91 Å². The summed E-state index contributed by atoms with van der Waals surface area (Å²) in [5.41, 5.74) is 3.09. The summed E-state index contributed by atoms with van der Waals surface area (Å²) in [5.74, 6) is 0.0180. The van der Waals surface area contributed by atoms with E-state index in [1.807, 2.05) is 18.2 Å². The first-order valence-corrected chi connectivity index (χ1v) is 10.6. The van der Waals surface area contributed by atoms with E-state index in [4.69, 9.17) is 0 Å². The van der Waals surface area contributed by atoms with Crippen molar-refractivity contribution in [1.29, 1.82) is 0 Å². The number of fused-ring (bicyclic) bond motifs is 2. The SMILES string of the molecule is C[C@]12CNC[C@H]1C[C@@H](NCc1cccc3c1C(=O)N(C1CCC(=O)NC1=O)C3)C2. The monoisotopic (exact) mass is 396 g/mol. The number of piperidine rings is 1. The van der Waals surface area contributed by atoms with Gasteiger partial charge in [0.05, 0.1) is 0 Å². The number of carbonyl (C=O) groups is 3. The van der Waals surface area contributed by atoms with Crippen LogP contribution < -0.4 is 16.0 Å². The van der Waals surface area contributed by atoms with Crippen molar-refractivity contribution in [3.8, 4) is 0 Å². The number of amides is 3. The number of hydrogen-bond acceptors (Lipinski definition) is 5. The van der Waals surface area contributed by atoms with E-state index >= 15 is 0 Å². The van der Waals surface area contributed by atoms with Gasteiger partial charge < -0.3 is 15.5 Å². The van der Waals surface area contributed by atoms with Gasteiger partial charge in [0.2, 0.25) is 11.8 Å². The summed E-state index contributed by atoms with van der Waals surface area (Å²) in [4.78, 5) is 38.5. The molecule has 1 aromatic rings. The van der Waals surface area contributed by atoms with Crippen molar-refractivity contribution in [2.24, 2.45) is 11.3 Å². The highest BCUT2D eigenvalue weighted by atomic mass is 16.2. The summed E-state index contributed by atoms with van der Waals surface area (Å²) in [6.07, 6.45) is 3.01. The van der Waals surface area contributed by atoms with Crippen LogP contribution in [0.2, 0.25) is 0 Å². The number of imide groups is 1. The van der Waals surface area contributed by atoms with E-state index in [-0.39, 0.29) is 24.1 Å². The van der Waals surface area contributed by atoms with Gasteiger partial charge in [-0.3, -0.25) is 19.7 Å². The normalized spacial score (nSPS) is 33.8. The van der Waals surface area contributed by atoms with Crippen molar-refractivity contribution in [2.75, 3.05) is 13.1 Å². The van der Waals surface area contributed by atoms with Gasteiger partial charge in [-0.05, 0) is 48.3 Å². The number of carbonyl (C=O) groups excluding carboxylic acids is 3. The molecular weight excluding hydrogens is 368 g/mol. The van der Waals surface area contributed by atoms with Crippen molar-refractivity contribution in [1.82, 2.24) is 20.9 Å². The van der Waals surface area contributed by atoms with Crippen LogP contribution in [0.25, 0.3) is 0 Å². The number of nitrogens with zero attached hydrogens (tertiary/aromatic N) is 1. The molecule has 154 valence electrons. The van der Waals surface area contributed by atoms with Crippen molar-refractivity contribution in [3.63, 3.8) is 0 Å². The molecule has 1 unspecified atom stereocenters. The fraction of sp³-hybridized carbons (Fsp3) is 0.591. The first kappa shape index (κ1) is 18.8. The molecule has 1 saturated carbocycles. The molecule has 3 fully saturated rings.